The summed E-state index contributed by atoms with van der Waals surface area (Å²) in [5.41, 5.74) is 2.26. The number of hydrogen-bond donors (Lipinski definition) is 0. The summed E-state index contributed by atoms with van der Waals surface area (Å²) in [6.07, 6.45) is 8.38. The number of carbonyl (C=O) groups excluding carboxylic acids is 1. The fourth-order valence-electron chi connectivity index (χ4n) is 12.6. The molecule has 338 valence electrons. The zero-order valence-corrected chi connectivity index (χ0v) is 40.1. The van der Waals surface area contributed by atoms with Gasteiger partial charge in [0.05, 0.1) is 91.9 Å². The highest BCUT2D eigenvalue weighted by molar-refractivity contribution is 14.1. The Morgan fingerprint density at radius 2 is 1.37 bits per heavy atom. The summed E-state index contributed by atoms with van der Waals surface area (Å²) in [7, 11) is -1.91. The molecule has 0 aromatic rings. The van der Waals surface area contributed by atoms with Crippen molar-refractivity contribution >= 4 is 36.9 Å². The molecule has 0 aromatic heterocycles. The van der Waals surface area contributed by atoms with Crippen molar-refractivity contribution < 1.29 is 51.9 Å². The molecule has 0 saturated carbocycles. The summed E-state index contributed by atoms with van der Waals surface area (Å²) in [6, 6.07) is 3.25. The van der Waals surface area contributed by atoms with E-state index >= 15 is 0 Å². The highest BCUT2D eigenvalue weighted by Gasteiger charge is 2.57. The van der Waals surface area contributed by atoms with Gasteiger partial charge in [-0.1, -0.05) is 70.4 Å². The Bertz CT molecular complexity index is 1550. The van der Waals surface area contributed by atoms with Crippen LogP contribution in [0.2, 0.25) is 18.1 Å². The van der Waals surface area contributed by atoms with Crippen LogP contribution in [-0.4, -0.2) is 122 Å². The van der Waals surface area contributed by atoms with Gasteiger partial charge in [0.1, 0.15) is 12.2 Å². The van der Waals surface area contributed by atoms with E-state index in [1.54, 1.807) is 0 Å². The number of rotatable bonds is 6. The van der Waals surface area contributed by atoms with Gasteiger partial charge in [0.25, 0.3) is 0 Å². The lowest BCUT2D eigenvalue weighted by molar-refractivity contribution is -0.278. The van der Waals surface area contributed by atoms with E-state index in [1.807, 2.05) is 0 Å². The molecule has 9 saturated heterocycles. The maximum atomic E-state index is 14.2. The van der Waals surface area contributed by atoms with Crippen molar-refractivity contribution in [3.8, 4) is 0 Å². The third kappa shape index (κ3) is 8.93. The highest BCUT2D eigenvalue weighted by atomic mass is 127. The molecule has 1 spiro atoms. The van der Waals surface area contributed by atoms with Crippen molar-refractivity contribution in [1.29, 1.82) is 0 Å². The number of hydrogen-bond acceptors (Lipinski definition) is 11. The van der Waals surface area contributed by atoms with Crippen molar-refractivity contribution in [2.75, 3.05) is 4.43 Å². The van der Waals surface area contributed by atoms with Crippen LogP contribution in [0.25, 0.3) is 0 Å². The summed E-state index contributed by atoms with van der Waals surface area (Å²) < 4.78 is 69.8. The zero-order chi connectivity index (χ0) is 41.9. The number of fused-ring (bicyclic) bond motifs is 10. The standard InChI is InChI=1S/C47H73IO11Si/c1-8-60(9-2,10-3)59-38-24-40-44(55-42(38)25-48)29(7)45-39(54-40)22-36-28(6)26(4)19-30(51-36)11-13-33-27(5)20-32(50-33)15-17-47-18-16-34(57-47)37-23-41(58-47)46-35(53-37)14-12-31(52-46)21-43(49)56-45/h26,29-42,44-46H,5-6,8-25H2,1-4,7H3/t26-,29+,30?,31?,32?,33?,34?,35+,36?,37-,38-,39+,40+,41-,42-,44?,45?,46+,47+/m1/s1. The number of ether oxygens (including phenoxy) is 9. The lowest BCUT2D eigenvalue weighted by Gasteiger charge is -2.52. The second kappa shape index (κ2) is 18.4. The minimum atomic E-state index is -1.91. The predicted octanol–water partition coefficient (Wildman–Crippen LogP) is 8.68. The first-order valence-corrected chi connectivity index (χ1v) is 28.0. The molecule has 9 aliphatic rings. The van der Waals surface area contributed by atoms with Crippen LogP contribution >= 0.6 is 22.6 Å². The average molecular weight is 969 g/mol. The fourth-order valence-corrected chi connectivity index (χ4v) is 16.3. The molecule has 9 aliphatic heterocycles. The average Bonchev–Trinajstić information content (AvgIpc) is 3.80. The lowest BCUT2D eigenvalue weighted by Crippen LogP contribution is -2.63. The first kappa shape index (κ1) is 44.7. The Morgan fingerprint density at radius 1 is 0.667 bits per heavy atom. The fraction of sp³-hybridized carbons (Fsp3) is 0.894. The Balaban J connectivity index is 0.983. The van der Waals surface area contributed by atoms with Crippen molar-refractivity contribution in [3.05, 3.63) is 24.3 Å². The maximum Gasteiger partial charge on any atom is 0.308 e. The van der Waals surface area contributed by atoms with Gasteiger partial charge in [0.2, 0.25) is 0 Å². The largest absolute Gasteiger partial charge is 0.459 e. The van der Waals surface area contributed by atoms with Gasteiger partial charge in [-0.25, -0.2) is 0 Å². The second-order valence-corrected chi connectivity index (χ2v) is 25.7. The molecule has 0 amide bonds. The first-order chi connectivity index (χ1) is 28.9. The van der Waals surface area contributed by atoms with Crippen LogP contribution in [0.1, 0.15) is 125 Å². The van der Waals surface area contributed by atoms with Crippen LogP contribution in [0.15, 0.2) is 24.3 Å². The van der Waals surface area contributed by atoms with E-state index in [0.29, 0.717) is 6.42 Å². The molecule has 9 rings (SSSR count). The van der Waals surface area contributed by atoms with Crippen molar-refractivity contribution in [1.82, 2.24) is 0 Å². The van der Waals surface area contributed by atoms with E-state index < -0.39 is 26.3 Å². The molecule has 10 bridgehead atoms. The Labute approximate surface area is 373 Å². The summed E-state index contributed by atoms with van der Waals surface area (Å²) >= 11 is 2.44. The molecule has 60 heavy (non-hydrogen) atoms. The number of halogens is 1. The van der Waals surface area contributed by atoms with Crippen LogP contribution in [-0.2, 0) is 51.9 Å². The monoisotopic (exact) mass is 968 g/mol. The molecule has 8 unspecified atom stereocenters. The van der Waals surface area contributed by atoms with Gasteiger partial charge in [-0.2, -0.15) is 0 Å². The number of esters is 1. The molecule has 0 N–H and O–H groups in total. The zero-order valence-electron chi connectivity index (χ0n) is 36.9. The van der Waals surface area contributed by atoms with Crippen molar-refractivity contribution in [2.45, 2.75) is 246 Å². The summed E-state index contributed by atoms with van der Waals surface area (Å²) in [5, 5.41) is 0. The van der Waals surface area contributed by atoms with Crippen LogP contribution in [0, 0.1) is 11.8 Å². The van der Waals surface area contributed by atoms with E-state index in [4.69, 9.17) is 47.1 Å². The normalized spacial score (nSPS) is 48.7. The second-order valence-electron chi connectivity index (χ2n) is 20.1. The lowest BCUT2D eigenvalue weighted by atomic mass is 9.79. The molecular weight excluding hydrogens is 895 g/mol. The van der Waals surface area contributed by atoms with Gasteiger partial charge in [-0.3, -0.25) is 4.79 Å². The quantitative estimate of drug-likeness (QED) is 0.0839. The minimum absolute atomic E-state index is 0.00657. The van der Waals surface area contributed by atoms with E-state index in [2.05, 4.69) is 70.4 Å². The van der Waals surface area contributed by atoms with Gasteiger partial charge in [-0.15, -0.1) is 0 Å². The third-order valence-corrected chi connectivity index (χ3v) is 22.0. The van der Waals surface area contributed by atoms with Crippen LogP contribution in [0.3, 0.4) is 0 Å². The van der Waals surface area contributed by atoms with Gasteiger partial charge >= 0.3 is 5.97 Å². The number of alkyl halides is 1. The van der Waals surface area contributed by atoms with Gasteiger partial charge in [0, 0.05) is 42.4 Å². The third-order valence-electron chi connectivity index (χ3n) is 16.5. The van der Waals surface area contributed by atoms with Gasteiger partial charge < -0.3 is 47.1 Å². The molecule has 19 atom stereocenters. The van der Waals surface area contributed by atoms with E-state index in [9.17, 15) is 4.79 Å². The van der Waals surface area contributed by atoms with Crippen LogP contribution in [0.5, 0.6) is 0 Å². The first-order valence-electron chi connectivity index (χ1n) is 24.0. The van der Waals surface area contributed by atoms with Crippen molar-refractivity contribution in [3.63, 3.8) is 0 Å². The predicted molar refractivity (Wildman–Crippen MR) is 237 cm³/mol. The molecular formula is C47H73IO11Si. The molecule has 13 heteroatoms. The Hall–Kier alpha value is -0.463. The molecule has 0 aliphatic carbocycles. The molecule has 9 heterocycles. The van der Waals surface area contributed by atoms with E-state index in [1.165, 1.54) is 5.57 Å². The smallest absolute Gasteiger partial charge is 0.308 e. The number of carbonyl (C=O) groups is 1. The molecule has 0 aromatic carbocycles. The summed E-state index contributed by atoms with van der Waals surface area (Å²) in [4.78, 5) is 14.2. The topological polar surface area (TPSA) is 109 Å². The Morgan fingerprint density at radius 3 is 2.15 bits per heavy atom. The molecule has 0 radical (unpaired) electrons. The highest BCUT2D eigenvalue weighted by Crippen LogP contribution is 2.49. The van der Waals surface area contributed by atoms with Crippen LogP contribution < -0.4 is 0 Å². The maximum absolute atomic E-state index is 14.2. The summed E-state index contributed by atoms with van der Waals surface area (Å²) in [5.74, 6) is -0.761. The van der Waals surface area contributed by atoms with E-state index in [0.717, 1.165) is 105 Å². The van der Waals surface area contributed by atoms with Gasteiger partial charge in [0.15, 0.2) is 14.1 Å². The molecule has 11 nitrogen and oxygen atoms in total. The van der Waals surface area contributed by atoms with E-state index in [-0.39, 0.29) is 110 Å². The minimum Gasteiger partial charge on any atom is -0.459 e. The molecule has 9 fully saturated rings. The van der Waals surface area contributed by atoms with Crippen LogP contribution in [0.4, 0.5) is 0 Å². The Kier molecular flexibility index (Phi) is 13.7. The summed E-state index contributed by atoms with van der Waals surface area (Å²) in [6.45, 7) is 20.4. The van der Waals surface area contributed by atoms with Gasteiger partial charge in [-0.05, 0) is 86.6 Å². The SMILES string of the molecule is C=C1CC2CC[C@]34CCC(O3)[C@H]3C[C@@H](O4)[C@H]4OC(CC[C@@H]4O3)CC(=O)OC3[C@@H](C)C4O[C@H](CI)[C@H](O[Si](CC)(CC)CC)C[C@@H]4O[C@H]3CC3OC(CCC1O2)C[C@@H](C)C3=C. The van der Waals surface area contributed by atoms with Crippen molar-refractivity contribution in [2.24, 2.45) is 11.8 Å².